The van der Waals surface area contributed by atoms with E-state index in [9.17, 15) is 10.1 Å². The van der Waals surface area contributed by atoms with Crippen molar-refractivity contribution >= 4 is 17.3 Å². The lowest BCUT2D eigenvalue weighted by molar-refractivity contribution is -0.385. The molecular weight excluding hydrogens is 276 g/mol. The number of halogens is 1. The van der Waals surface area contributed by atoms with Crippen LogP contribution in [0.4, 0.5) is 5.69 Å². The molecule has 0 saturated heterocycles. The smallest absolute Gasteiger partial charge is 0.270 e. The Balaban J connectivity index is 2.57. The second kappa shape index (κ2) is 5.61. The molecule has 0 saturated carbocycles. The number of hydrogen-bond acceptors (Lipinski definition) is 3. The summed E-state index contributed by atoms with van der Waals surface area (Å²) in [6.07, 6.45) is 0. The summed E-state index contributed by atoms with van der Waals surface area (Å²) in [5.74, 6) is 0. The van der Waals surface area contributed by atoms with Gasteiger partial charge in [0.25, 0.3) is 5.69 Å². The molecule has 0 bridgehead atoms. The summed E-state index contributed by atoms with van der Waals surface area (Å²) in [6.45, 7) is 3.75. The molecule has 0 heterocycles. The Morgan fingerprint density at radius 3 is 2.45 bits per heavy atom. The van der Waals surface area contributed by atoms with Crippen LogP contribution in [-0.2, 0) is 0 Å². The number of rotatable bonds is 3. The van der Waals surface area contributed by atoms with E-state index in [2.05, 4.69) is 0 Å². The molecule has 0 amide bonds. The molecule has 20 heavy (non-hydrogen) atoms. The average molecular weight is 291 g/mol. The van der Waals surface area contributed by atoms with Crippen molar-refractivity contribution in [3.05, 3.63) is 73.8 Å². The van der Waals surface area contributed by atoms with Crippen LogP contribution in [0, 0.1) is 24.0 Å². The Hall–Kier alpha value is -1.91. The zero-order chi connectivity index (χ0) is 14.9. The first-order valence-corrected chi connectivity index (χ1v) is 6.55. The van der Waals surface area contributed by atoms with Gasteiger partial charge < -0.3 is 5.73 Å². The highest BCUT2D eigenvalue weighted by molar-refractivity contribution is 6.31. The molecule has 2 N–H and O–H groups in total. The summed E-state index contributed by atoms with van der Waals surface area (Å²) < 4.78 is 0. The van der Waals surface area contributed by atoms with Crippen LogP contribution in [0.15, 0.2) is 36.4 Å². The number of aryl methyl sites for hydroxylation is 1. The summed E-state index contributed by atoms with van der Waals surface area (Å²) in [5.41, 5.74) is 9.58. The molecular formula is C15H15ClN2O2. The van der Waals surface area contributed by atoms with Gasteiger partial charge in [-0.2, -0.15) is 0 Å². The van der Waals surface area contributed by atoms with Crippen molar-refractivity contribution in [2.75, 3.05) is 0 Å². The Morgan fingerprint density at radius 1 is 1.20 bits per heavy atom. The van der Waals surface area contributed by atoms with Gasteiger partial charge in [0.15, 0.2) is 0 Å². The SMILES string of the molecule is Cc1cc([N+](=O)[O-])cc(C(N)c2ccccc2Cl)c1C. The summed E-state index contributed by atoms with van der Waals surface area (Å²) in [5, 5.41) is 11.5. The van der Waals surface area contributed by atoms with Gasteiger partial charge in [-0.25, -0.2) is 0 Å². The van der Waals surface area contributed by atoms with E-state index < -0.39 is 11.0 Å². The predicted octanol–water partition coefficient (Wildman–Crippen LogP) is 3.91. The first kappa shape index (κ1) is 14.5. The van der Waals surface area contributed by atoms with Crippen molar-refractivity contribution in [1.82, 2.24) is 0 Å². The first-order valence-electron chi connectivity index (χ1n) is 6.17. The Morgan fingerprint density at radius 2 is 1.85 bits per heavy atom. The maximum absolute atomic E-state index is 11.0. The van der Waals surface area contributed by atoms with Crippen molar-refractivity contribution in [3.63, 3.8) is 0 Å². The third-order valence-electron chi connectivity index (χ3n) is 3.48. The van der Waals surface area contributed by atoms with Crippen molar-refractivity contribution in [3.8, 4) is 0 Å². The molecule has 0 aliphatic heterocycles. The Labute approximate surface area is 122 Å². The molecule has 1 atom stereocenters. The van der Waals surface area contributed by atoms with Crippen LogP contribution in [0.2, 0.25) is 5.02 Å². The minimum atomic E-state index is -0.484. The fourth-order valence-corrected chi connectivity index (χ4v) is 2.44. The monoisotopic (exact) mass is 290 g/mol. The van der Waals surface area contributed by atoms with E-state index in [4.69, 9.17) is 17.3 Å². The van der Waals surface area contributed by atoms with Crippen molar-refractivity contribution in [2.45, 2.75) is 19.9 Å². The minimum absolute atomic E-state index is 0.0469. The van der Waals surface area contributed by atoms with E-state index >= 15 is 0 Å². The van der Waals surface area contributed by atoms with Crippen LogP contribution >= 0.6 is 11.6 Å². The van der Waals surface area contributed by atoms with Crippen LogP contribution in [0.3, 0.4) is 0 Å². The first-order chi connectivity index (χ1) is 9.41. The molecule has 0 aromatic heterocycles. The summed E-state index contributed by atoms with van der Waals surface area (Å²) in [7, 11) is 0. The Bertz CT molecular complexity index is 671. The van der Waals surface area contributed by atoms with E-state index in [-0.39, 0.29) is 5.69 Å². The van der Waals surface area contributed by atoms with Crippen LogP contribution in [0.5, 0.6) is 0 Å². The number of nitro benzene ring substituents is 1. The highest BCUT2D eigenvalue weighted by Gasteiger charge is 2.19. The van der Waals surface area contributed by atoms with Gasteiger partial charge in [-0.1, -0.05) is 29.8 Å². The number of benzene rings is 2. The quantitative estimate of drug-likeness (QED) is 0.688. The third-order valence-corrected chi connectivity index (χ3v) is 3.82. The average Bonchev–Trinajstić information content (AvgIpc) is 2.41. The molecule has 2 aromatic carbocycles. The molecule has 1 unspecified atom stereocenters. The zero-order valence-corrected chi connectivity index (χ0v) is 12.0. The van der Waals surface area contributed by atoms with Gasteiger partial charge in [-0.15, -0.1) is 0 Å². The fourth-order valence-electron chi connectivity index (χ4n) is 2.19. The molecule has 0 aliphatic carbocycles. The molecule has 0 fully saturated rings. The number of non-ortho nitro benzene ring substituents is 1. The highest BCUT2D eigenvalue weighted by atomic mass is 35.5. The van der Waals surface area contributed by atoms with E-state index in [0.717, 1.165) is 22.3 Å². The summed E-state index contributed by atoms with van der Waals surface area (Å²) in [4.78, 5) is 10.6. The topological polar surface area (TPSA) is 69.2 Å². The number of nitrogens with two attached hydrogens (primary N) is 1. The van der Waals surface area contributed by atoms with Gasteiger partial charge in [-0.3, -0.25) is 10.1 Å². The molecule has 0 aliphatic rings. The minimum Gasteiger partial charge on any atom is -0.320 e. The number of nitrogens with zero attached hydrogens (tertiary/aromatic N) is 1. The lowest BCUT2D eigenvalue weighted by atomic mass is 9.92. The molecule has 104 valence electrons. The number of hydrogen-bond donors (Lipinski definition) is 1. The molecule has 4 nitrogen and oxygen atoms in total. The van der Waals surface area contributed by atoms with Gasteiger partial charge >= 0.3 is 0 Å². The van der Waals surface area contributed by atoms with E-state index in [1.165, 1.54) is 6.07 Å². The lowest BCUT2D eigenvalue weighted by Gasteiger charge is -2.17. The van der Waals surface area contributed by atoms with E-state index in [1.54, 1.807) is 12.1 Å². The van der Waals surface area contributed by atoms with Crippen molar-refractivity contribution in [2.24, 2.45) is 5.73 Å². The number of nitro groups is 1. The van der Waals surface area contributed by atoms with Gasteiger partial charge in [0.05, 0.1) is 11.0 Å². The maximum atomic E-state index is 11.0. The largest absolute Gasteiger partial charge is 0.320 e. The molecule has 5 heteroatoms. The third kappa shape index (κ3) is 2.66. The molecule has 2 aromatic rings. The van der Waals surface area contributed by atoms with Crippen LogP contribution in [-0.4, -0.2) is 4.92 Å². The highest BCUT2D eigenvalue weighted by Crippen LogP contribution is 2.31. The molecule has 0 spiro atoms. The van der Waals surface area contributed by atoms with Gasteiger partial charge in [0, 0.05) is 17.2 Å². The van der Waals surface area contributed by atoms with E-state index in [1.807, 2.05) is 32.0 Å². The van der Waals surface area contributed by atoms with Crippen molar-refractivity contribution in [1.29, 1.82) is 0 Å². The molecule has 2 rings (SSSR count). The normalized spacial score (nSPS) is 12.2. The van der Waals surface area contributed by atoms with Gasteiger partial charge in [0.2, 0.25) is 0 Å². The Kier molecular flexibility index (Phi) is 4.06. The second-order valence-electron chi connectivity index (χ2n) is 4.73. The van der Waals surface area contributed by atoms with Crippen LogP contribution < -0.4 is 5.73 Å². The van der Waals surface area contributed by atoms with E-state index in [0.29, 0.717) is 5.02 Å². The standard InChI is InChI=1S/C15H15ClN2O2/c1-9-7-11(18(19)20)8-13(10(9)2)15(17)12-5-3-4-6-14(12)16/h3-8,15H,17H2,1-2H3. The van der Waals surface area contributed by atoms with Crippen LogP contribution in [0.25, 0.3) is 0 Å². The summed E-state index contributed by atoms with van der Waals surface area (Å²) >= 11 is 6.15. The van der Waals surface area contributed by atoms with Gasteiger partial charge in [-0.05, 0) is 42.2 Å². The van der Waals surface area contributed by atoms with Gasteiger partial charge in [0.1, 0.15) is 0 Å². The lowest BCUT2D eigenvalue weighted by Crippen LogP contribution is -2.14. The second-order valence-corrected chi connectivity index (χ2v) is 5.14. The summed E-state index contributed by atoms with van der Waals surface area (Å²) in [6, 6.07) is 9.86. The molecule has 0 radical (unpaired) electrons. The maximum Gasteiger partial charge on any atom is 0.270 e. The zero-order valence-electron chi connectivity index (χ0n) is 11.3. The fraction of sp³-hybridized carbons (Fsp3) is 0.200. The van der Waals surface area contributed by atoms with Crippen LogP contribution in [0.1, 0.15) is 28.3 Å². The predicted molar refractivity (Wildman–Crippen MR) is 80.1 cm³/mol. The van der Waals surface area contributed by atoms with Crippen molar-refractivity contribution < 1.29 is 4.92 Å².